The molecule has 20 heavy (non-hydrogen) atoms. The molecule has 0 saturated heterocycles. The SMILES string of the molecule is c1cn(-c2ncc(-c3cnc4[nH]ccc4c3)cn2)cn1. The zero-order valence-electron chi connectivity index (χ0n) is 10.4. The Bertz CT molecular complexity index is 845. The van der Waals surface area contributed by atoms with Gasteiger partial charge in [0.25, 0.3) is 0 Å². The van der Waals surface area contributed by atoms with E-state index in [0.717, 1.165) is 22.2 Å². The van der Waals surface area contributed by atoms with Crippen molar-refractivity contribution in [2.24, 2.45) is 0 Å². The number of rotatable bonds is 2. The fourth-order valence-electron chi connectivity index (χ4n) is 2.08. The quantitative estimate of drug-likeness (QED) is 0.601. The first kappa shape index (κ1) is 10.9. The fraction of sp³-hybridized carbons (Fsp3) is 0. The van der Waals surface area contributed by atoms with E-state index in [9.17, 15) is 0 Å². The Hall–Kier alpha value is -3.02. The number of hydrogen-bond donors (Lipinski definition) is 1. The largest absolute Gasteiger partial charge is 0.346 e. The Balaban J connectivity index is 1.74. The van der Waals surface area contributed by atoms with E-state index in [0.29, 0.717) is 5.95 Å². The third-order valence-corrected chi connectivity index (χ3v) is 3.11. The summed E-state index contributed by atoms with van der Waals surface area (Å²) < 4.78 is 1.76. The second kappa shape index (κ2) is 4.27. The zero-order chi connectivity index (χ0) is 13.4. The molecule has 0 saturated carbocycles. The summed E-state index contributed by atoms with van der Waals surface area (Å²) in [5.74, 6) is 0.599. The molecule has 0 fully saturated rings. The van der Waals surface area contributed by atoms with Gasteiger partial charge in [0.15, 0.2) is 0 Å². The highest BCUT2D eigenvalue weighted by molar-refractivity contribution is 5.80. The van der Waals surface area contributed by atoms with Crippen molar-refractivity contribution in [2.45, 2.75) is 0 Å². The van der Waals surface area contributed by atoms with Crippen LogP contribution in [0.4, 0.5) is 0 Å². The molecule has 0 aliphatic heterocycles. The van der Waals surface area contributed by atoms with E-state index >= 15 is 0 Å². The lowest BCUT2D eigenvalue weighted by atomic mass is 10.1. The zero-order valence-corrected chi connectivity index (χ0v) is 10.4. The van der Waals surface area contributed by atoms with Crippen LogP contribution in [0.2, 0.25) is 0 Å². The minimum atomic E-state index is 0.599. The lowest BCUT2D eigenvalue weighted by molar-refractivity contribution is 0.926. The molecule has 0 aliphatic rings. The minimum absolute atomic E-state index is 0.599. The van der Waals surface area contributed by atoms with Crippen LogP contribution < -0.4 is 0 Å². The highest BCUT2D eigenvalue weighted by atomic mass is 15.2. The van der Waals surface area contributed by atoms with Crippen molar-refractivity contribution < 1.29 is 0 Å². The maximum Gasteiger partial charge on any atom is 0.234 e. The monoisotopic (exact) mass is 262 g/mol. The Morgan fingerprint density at radius 3 is 2.65 bits per heavy atom. The normalized spacial score (nSPS) is 11.0. The van der Waals surface area contributed by atoms with Crippen LogP contribution in [0.25, 0.3) is 28.1 Å². The second-order valence-electron chi connectivity index (χ2n) is 4.38. The summed E-state index contributed by atoms with van der Waals surface area (Å²) in [6.07, 6.45) is 12.4. The smallest absolute Gasteiger partial charge is 0.234 e. The van der Waals surface area contributed by atoms with Crippen LogP contribution in [0.3, 0.4) is 0 Å². The molecule has 96 valence electrons. The van der Waals surface area contributed by atoms with Crippen molar-refractivity contribution in [3.05, 3.63) is 55.6 Å². The van der Waals surface area contributed by atoms with Gasteiger partial charge in [0.2, 0.25) is 5.95 Å². The summed E-state index contributed by atoms with van der Waals surface area (Å²) in [6, 6.07) is 4.06. The molecule has 0 aromatic carbocycles. The van der Waals surface area contributed by atoms with Gasteiger partial charge in [-0.25, -0.2) is 19.9 Å². The molecule has 1 N–H and O–H groups in total. The fourth-order valence-corrected chi connectivity index (χ4v) is 2.08. The Kier molecular flexibility index (Phi) is 2.32. The molecule has 4 aromatic heterocycles. The molecule has 0 spiro atoms. The summed E-state index contributed by atoms with van der Waals surface area (Å²) in [4.78, 5) is 20.1. The van der Waals surface area contributed by atoms with E-state index in [2.05, 4.69) is 31.0 Å². The number of nitrogens with zero attached hydrogens (tertiary/aromatic N) is 5. The number of pyridine rings is 1. The minimum Gasteiger partial charge on any atom is -0.346 e. The molecule has 4 rings (SSSR count). The molecule has 0 bridgehead atoms. The van der Waals surface area contributed by atoms with Gasteiger partial charge < -0.3 is 4.98 Å². The summed E-state index contributed by atoms with van der Waals surface area (Å²) in [6.45, 7) is 0. The lowest BCUT2D eigenvalue weighted by Crippen LogP contribution is -1.98. The van der Waals surface area contributed by atoms with Crippen molar-refractivity contribution in [2.75, 3.05) is 0 Å². The van der Waals surface area contributed by atoms with Crippen LogP contribution >= 0.6 is 0 Å². The molecule has 0 atom stereocenters. The number of fused-ring (bicyclic) bond motifs is 1. The summed E-state index contributed by atoms with van der Waals surface area (Å²) >= 11 is 0. The first-order chi connectivity index (χ1) is 9.90. The van der Waals surface area contributed by atoms with Crippen LogP contribution in [-0.2, 0) is 0 Å². The predicted octanol–water partition coefficient (Wildman–Crippen LogP) is 2.21. The number of imidazole rings is 1. The van der Waals surface area contributed by atoms with E-state index in [1.165, 1.54) is 0 Å². The van der Waals surface area contributed by atoms with Gasteiger partial charge >= 0.3 is 0 Å². The van der Waals surface area contributed by atoms with Gasteiger partial charge in [-0.1, -0.05) is 0 Å². The average molecular weight is 262 g/mol. The number of aromatic nitrogens is 6. The van der Waals surface area contributed by atoms with Gasteiger partial charge in [0.1, 0.15) is 12.0 Å². The third kappa shape index (κ3) is 1.74. The van der Waals surface area contributed by atoms with Gasteiger partial charge in [0.05, 0.1) is 0 Å². The molecule has 0 radical (unpaired) electrons. The Labute approximate surface area is 114 Å². The van der Waals surface area contributed by atoms with Crippen molar-refractivity contribution in [1.29, 1.82) is 0 Å². The highest BCUT2D eigenvalue weighted by Crippen LogP contribution is 2.21. The van der Waals surface area contributed by atoms with Gasteiger partial charge in [-0.15, -0.1) is 0 Å². The second-order valence-corrected chi connectivity index (χ2v) is 4.38. The highest BCUT2D eigenvalue weighted by Gasteiger charge is 2.04. The van der Waals surface area contributed by atoms with Gasteiger partial charge in [-0.05, 0) is 12.1 Å². The van der Waals surface area contributed by atoms with E-state index < -0.39 is 0 Å². The van der Waals surface area contributed by atoms with Crippen molar-refractivity contribution in [3.8, 4) is 17.1 Å². The van der Waals surface area contributed by atoms with Crippen LogP contribution in [-0.4, -0.2) is 29.5 Å². The van der Waals surface area contributed by atoms with Crippen molar-refractivity contribution >= 4 is 11.0 Å². The molecule has 0 aliphatic carbocycles. The summed E-state index contributed by atoms with van der Waals surface area (Å²) in [7, 11) is 0. The van der Waals surface area contributed by atoms with Crippen LogP contribution in [0, 0.1) is 0 Å². The Morgan fingerprint density at radius 1 is 1.00 bits per heavy atom. The summed E-state index contributed by atoms with van der Waals surface area (Å²) in [5, 5.41) is 1.07. The van der Waals surface area contributed by atoms with Crippen molar-refractivity contribution in [1.82, 2.24) is 29.5 Å². The maximum atomic E-state index is 4.36. The van der Waals surface area contributed by atoms with Gasteiger partial charge in [0, 0.05) is 53.7 Å². The van der Waals surface area contributed by atoms with Crippen molar-refractivity contribution in [3.63, 3.8) is 0 Å². The van der Waals surface area contributed by atoms with Crippen LogP contribution in [0.5, 0.6) is 0 Å². The maximum absolute atomic E-state index is 4.36. The first-order valence-corrected chi connectivity index (χ1v) is 6.14. The Morgan fingerprint density at radius 2 is 1.85 bits per heavy atom. The number of H-pyrrole nitrogens is 1. The molecular weight excluding hydrogens is 252 g/mol. The number of nitrogens with one attached hydrogen (secondary N) is 1. The van der Waals surface area contributed by atoms with E-state index in [1.807, 2.05) is 24.7 Å². The van der Waals surface area contributed by atoms with E-state index in [4.69, 9.17) is 0 Å². The molecule has 6 heteroatoms. The van der Waals surface area contributed by atoms with Crippen LogP contribution in [0.1, 0.15) is 0 Å². The summed E-state index contributed by atoms with van der Waals surface area (Å²) in [5.41, 5.74) is 2.81. The van der Waals surface area contributed by atoms with Gasteiger partial charge in [-0.3, -0.25) is 4.57 Å². The molecule has 4 aromatic rings. The standard InChI is InChI=1S/C14H10N6/c1-2-16-13-10(1)5-11(6-17-13)12-7-18-14(19-8-12)20-4-3-15-9-20/h1-9H,(H,16,17). The molecular formula is C14H10N6. The van der Waals surface area contributed by atoms with Gasteiger partial charge in [-0.2, -0.15) is 0 Å². The van der Waals surface area contributed by atoms with Crippen LogP contribution in [0.15, 0.2) is 55.6 Å². The predicted molar refractivity (Wildman–Crippen MR) is 74.2 cm³/mol. The van der Waals surface area contributed by atoms with E-state index in [1.54, 1.807) is 29.5 Å². The number of hydrogen-bond acceptors (Lipinski definition) is 4. The number of aromatic amines is 1. The third-order valence-electron chi connectivity index (χ3n) is 3.11. The topological polar surface area (TPSA) is 72.3 Å². The molecule has 6 nitrogen and oxygen atoms in total. The first-order valence-electron chi connectivity index (χ1n) is 6.14. The lowest BCUT2D eigenvalue weighted by Gasteiger charge is -2.03. The molecule has 0 unspecified atom stereocenters. The molecule has 0 amide bonds. The van der Waals surface area contributed by atoms with E-state index in [-0.39, 0.29) is 0 Å². The average Bonchev–Trinajstić information content (AvgIpc) is 3.18. The molecule has 4 heterocycles.